The SMILES string of the molecule is COc1cc2c(cc1OC)C[C@@H](C(N)=O)NC2. The number of nitrogens with one attached hydrogen (secondary N) is 1. The molecule has 0 fully saturated rings. The van der Waals surface area contributed by atoms with Gasteiger partial charge in [-0.05, 0) is 29.7 Å². The lowest BCUT2D eigenvalue weighted by Gasteiger charge is -2.25. The van der Waals surface area contributed by atoms with E-state index in [0.29, 0.717) is 24.5 Å². The first-order valence-corrected chi connectivity index (χ1v) is 5.42. The fourth-order valence-electron chi connectivity index (χ4n) is 2.04. The average Bonchev–Trinajstić information content (AvgIpc) is 2.36. The van der Waals surface area contributed by atoms with Crippen LogP contribution < -0.4 is 20.5 Å². The van der Waals surface area contributed by atoms with Gasteiger partial charge in [0.2, 0.25) is 5.91 Å². The van der Waals surface area contributed by atoms with Crippen molar-refractivity contribution in [2.75, 3.05) is 14.2 Å². The molecule has 0 radical (unpaired) electrons. The molecule has 17 heavy (non-hydrogen) atoms. The van der Waals surface area contributed by atoms with Crippen LogP contribution in [0.25, 0.3) is 0 Å². The molecule has 2 rings (SSSR count). The van der Waals surface area contributed by atoms with Crippen LogP contribution in [0.3, 0.4) is 0 Å². The van der Waals surface area contributed by atoms with Gasteiger partial charge in [-0.1, -0.05) is 0 Å². The number of benzene rings is 1. The van der Waals surface area contributed by atoms with E-state index in [2.05, 4.69) is 5.32 Å². The minimum atomic E-state index is -0.328. The van der Waals surface area contributed by atoms with Gasteiger partial charge in [-0.2, -0.15) is 0 Å². The quantitative estimate of drug-likeness (QED) is 0.786. The molecule has 1 aromatic rings. The number of carbonyl (C=O) groups excluding carboxylic acids is 1. The molecule has 1 aromatic carbocycles. The summed E-state index contributed by atoms with van der Waals surface area (Å²) in [6.07, 6.45) is 0.588. The summed E-state index contributed by atoms with van der Waals surface area (Å²) in [5.41, 5.74) is 7.48. The van der Waals surface area contributed by atoms with Crippen molar-refractivity contribution in [3.05, 3.63) is 23.3 Å². The Kier molecular flexibility index (Phi) is 3.19. The molecule has 0 spiro atoms. The maximum absolute atomic E-state index is 11.1. The minimum absolute atomic E-state index is 0.305. The van der Waals surface area contributed by atoms with Gasteiger partial charge in [-0.25, -0.2) is 0 Å². The van der Waals surface area contributed by atoms with Gasteiger partial charge in [0, 0.05) is 6.54 Å². The third-order valence-electron chi connectivity index (χ3n) is 3.01. The topological polar surface area (TPSA) is 73.6 Å². The van der Waals surface area contributed by atoms with E-state index in [9.17, 15) is 4.79 Å². The number of hydrogen-bond acceptors (Lipinski definition) is 4. The van der Waals surface area contributed by atoms with E-state index >= 15 is 0 Å². The van der Waals surface area contributed by atoms with Crippen molar-refractivity contribution in [2.45, 2.75) is 19.0 Å². The van der Waals surface area contributed by atoms with Crippen LogP contribution in [-0.4, -0.2) is 26.2 Å². The van der Waals surface area contributed by atoms with E-state index in [4.69, 9.17) is 15.2 Å². The van der Waals surface area contributed by atoms with Crippen LogP contribution in [0, 0.1) is 0 Å². The highest BCUT2D eigenvalue weighted by Crippen LogP contribution is 2.32. The molecule has 0 aromatic heterocycles. The van der Waals surface area contributed by atoms with Crippen molar-refractivity contribution < 1.29 is 14.3 Å². The molecule has 0 bridgehead atoms. The third kappa shape index (κ3) is 2.19. The fourth-order valence-corrected chi connectivity index (χ4v) is 2.04. The number of ether oxygens (including phenoxy) is 2. The Balaban J connectivity index is 2.35. The van der Waals surface area contributed by atoms with Crippen molar-refractivity contribution in [2.24, 2.45) is 5.73 Å². The highest BCUT2D eigenvalue weighted by Gasteiger charge is 2.23. The second kappa shape index (κ2) is 4.63. The molecule has 5 heteroatoms. The summed E-state index contributed by atoms with van der Waals surface area (Å²) in [5, 5.41) is 3.09. The van der Waals surface area contributed by atoms with Crippen LogP contribution in [0.15, 0.2) is 12.1 Å². The Morgan fingerprint density at radius 1 is 1.29 bits per heavy atom. The number of rotatable bonds is 3. The van der Waals surface area contributed by atoms with E-state index in [1.807, 2.05) is 12.1 Å². The van der Waals surface area contributed by atoms with E-state index in [0.717, 1.165) is 11.1 Å². The number of nitrogens with two attached hydrogens (primary N) is 1. The van der Waals surface area contributed by atoms with Crippen LogP contribution in [0.5, 0.6) is 11.5 Å². The van der Waals surface area contributed by atoms with Gasteiger partial charge in [-0.3, -0.25) is 4.79 Å². The zero-order chi connectivity index (χ0) is 12.4. The molecule has 0 unspecified atom stereocenters. The van der Waals surface area contributed by atoms with Gasteiger partial charge in [0.15, 0.2) is 11.5 Å². The van der Waals surface area contributed by atoms with Crippen molar-refractivity contribution >= 4 is 5.91 Å². The zero-order valence-corrected chi connectivity index (χ0v) is 9.95. The largest absolute Gasteiger partial charge is 0.493 e. The van der Waals surface area contributed by atoms with Gasteiger partial charge >= 0.3 is 0 Å². The number of hydrogen-bond donors (Lipinski definition) is 2. The van der Waals surface area contributed by atoms with Crippen molar-refractivity contribution in [1.82, 2.24) is 5.32 Å². The van der Waals surface area contributed by atoms with Crippen LogP contribution in [-0.2, 0) is 17.8 Å². The molecule has 1 atom stereocenters. The summed E-state index contributed by atoms with van der Waals surface area (Å²) in [7, 11) is 3.20. The van der Waals surface area contributed by atoms with E-state index in [-0.39, 0.29) is 11.9 Å². The summed E-state index contributed by atoms with van der Waals surface area (Å²) in [6.45, 7) is 0.614. The highest BCUT2D eigenvalue weighted by molar-refractivity contribution is 5.80. The highest BCUT2D eigenvalue weighted by atomic mass is 16.5. The maximum atomic E-state index is 11.1. The third-order valence-corrected chi connectivity index (χ3v) is 3.01. The van der Waals surface area contributed by atoms with Crippen LogP contribution in [0.1, 0.15) is 11.1 Å². The number of fused-ring (bicyclic) bond motifs is 1. The van der Waals surface area contributed by atoms with Crippen molar-refractivity contribution in [3.8, 4) is 11.5 Å². The Morgan fingerprint density at radius 3 is 2.41 bits per heavy atom. The fraction of sp³-hybridized carbons (Fsp3) is 0.417. The van der Waals surface area contributed by atoms with Crippen molar-refractivity contribution in [3.63, 3.8) is 0 Å². The Morgan fingerprint density at radius 2 is 1.88 bits per heavy atom. The van der Waals surface area contributed by atoms with Gasteiger partial charge in [0.1, 0.15) is 0 Å². The number of methoxy groups -OCH3 is 2. The molecule has 0 aliphatic carbocycles. The Bertz CT molecular complexity index is 446. The Hall–Kier alpha value is -1.75. The smallest absolute Gasteiger partial charge is 0.234 e. The zero-order valence-electron chi connectivity index (χ0n) is 9.95. The molecule has 1 amide bonds. The van der Waals surface area contributed by atoms with Crippen LogP contribution in [0.4, 0.5) is 0 Å². The normalized spacial score (nSPS) is 18.4. The van der Waals surface area contributed by atoms with E-state index in [1.165, 1.54) is 0 Å². The summed E-state index contributed by atoms with van der Waals surface area (Å²) in [4.78, 5) is 11.1. The summed E-state index contributed by atoms with van der Waals surface area (Å²) >= 11 is 0. The predicted octanol–water partition coefficient (Wildman–Crippen LogP) is 0.203. The van der Waals surface area contributed by atoms with Gasteiger partial charge in [0.05, 0.1) is 20.3 Å². The molecule has 3 N–H and O–H groups in total. The minimum Gasteiger partial charge on any atom is -0.493 e. The molecular formula is C12H16N2O3. The second-order valence-corrected chi connectivity index (χ2v) is 4.02. The van der Waals surface area contributed by atoms with Gasteiger partial charge in [0.25, 0.3) is 0 Å². The standard InChI is InChI=1S/C12H16N2O3/c1-16-10-4-7-3-9(12(13)15)14-6-8(7)5-11(10)17-2/h4-5,9,14H,3,6H2,1-2H3,(H2,13,15)/t9-/m0/s1. The van der Waals surface area contributed by atoms with Crippen LogP contribution >= 0.6 is 0 Å². The first-order valence-electron chi connectivity index (χ1n) is 5.42. The summed E-state index contributed by atoms with van der Waals surface area (Å²) < 4.78 is 10.5. The first kappa shape index (κ1) is 11.7. The van der Waals surface area contributed by atoms with E-state index in [1.54, 1.807) is 14.2 Å². The monoisotopic (exact) mass is 236 g/mol. The summed E-state index contributed by atoms with van der Waals surface area (Å²) in [6, 6.07) is 3.53. The maximum Gasteiger partial charge on any atom is 0.234 e. The first-order chi connectivity index (χ1) is 8.15. The lowest BCUT2D eigenvalue weighted by Crippen LogP contribution is -2.45. The molecule has 1 aliphatic heterocycles. The second-order valence-electron chi connectivity index (χ2n) is 4.02. The molecule has 1 heterocycles. The number of amides is 1. The Labute approximate surface area is 99.9 Å². The molecule has 1 aliphatic rings. The lowest BCUT2D eigenvalue weighted by atomic mass is 9.95. The number of carbonyl (C=O) groups is 1. The van der Waals surface area contributed by atoms with Crippen molar-refractivity contribution in [1.29, 1.82) is 0 Å². The number of primary amides is 1. The van der Waals surface area contributed by atoms with Crippen LogP contribution in [0.2, 0.25) is 0 Å². The molecule has 92 valence electrons. The average molecular weight is 236 g/mol. The summed E-state index contributed by atoms with van der Waals surface area (Å²) in [5.74, 6) is 1.05. The molecule has 0 saturated heterocycles. The predicted molar refractivity (Wildman–Crippen MR) is 63.1 cm³/mol. The van der Waals surface area contributed by atoms with Gasteiger partial charge < -0.3 is 20.5 Å². The van der Waals surface area contributed by atoms with Gasteiger partial charge in [-0.15, -0.1) is 0 Å². The molecule has 0 saturated carbocycles. The molecular weight excluding hydrogens is 220 g/mol. The molecule has 5 nitrogen and oxygen atoms in total. The van der Waals surface area contributed by atoms with E-state index < -0.39 is 0 Å². The lowest BCUT2D eigenvalue weighted by molar-refractivity contribution is -0.120.